The molecule has 0 radical (unpaired) electrons. The molecule has 0 spiro atoms. The third-order valence-corrected chi connectivity index (χ3v) is 4.74. The van der Waals surface area contributed by atoms with Crippen LogP contribution in [0.5, 0.6) is 0 Å². The first-order chi connectivity index (χ1) is 12.5. The van der Waals surface area contributed by atoms with Gasteiger partial charge in [-0.1, -0.05) is 11.6 Å². The van der Waals surface area contributed by atoms with Crippen LogP contribution in [0.15, 0.2) is 36.8 Å². The summed E-state index contributed by atoms with van der Waals surface area (Å²) in [6, 6.07) is 3.43. The maximum Gasteiger partial charge on any atom is 0.271 e. The third-order valence-electron chi connectivity index (χ3n) is 4.51. The van der Waals surface area contributed by atoms with E-state index in [1.165, 1.54) is 23.5 Å². The molecule has 2 aliphatic rings. The number of carbonyl (C=O) groups excluding carboxylic acids is 3. The SMILES string of the molecule is O=C(NC1CCN2C(=O)c3ccc(Cl)cc3NC(=O)C12)c1cnccn1. The number of rotatable bonds is 2. The molecule has 9 heteroatoms. The zero-order valence-electron chi connectivity index (χ0n) is 13.5. The molecule has 2 unspecified atom stereocenters. The van der Waals surface area contributed by atoms with Gasteiger partial charge < -0.3 is 15.5 Å². The van der Waals surface area contributed by atoms with E-state index >= 15 is 0 Å². The van der Waals surface area contributed by atoms with Crippen molar-refractivity contribution in [1.29, 1.82) is 0 Å². The summed E-state index contributed by atoms with van der Waals surface area (Å²) < 4.78 is 0. The van der Waals surface area contributed by atoms with Crippen LogP contribution in [-0.4, -0.2) is 51.2 Å². The van der Waals surface area contributed by atoms with Gasteiger partial charge in [0.25, 0.3) is 11.8 Å². The second-order valence-corrected chi connectivity index (χ2v) is 6.52. The smallest absolute Gasteiger partial charge is 0.271 e. The quantitative estimate of drug-likeness (QED) is 0.822. The van der Waals surface area contributed by atoms with Gasteiger partial charge in [0.05, 0.1) is 23.5 Å². The van der Waals surface area contributed by atoms with Crippen LogP contribution in [-0.2, 0) is 4.79 Å². The Labute approximate surface area is 153 Å². The molecule has 0 bridgehead atoms. The van der Waals surface area contributed by atoms with Crippen LogP contribution >= 0.6 is 11.6 Å². The average molecular weight is 372 g/mol. The number of aromatic nitrogens is 2. The van der Waals surface area contributed by atoms with Crippen molar-refractivity contribution in [3.8, 4) is 0 Å². The molecule has 0 aliphatic carbocycles. The van der Waals surface area contributed by atoms with E-state index in [1.807, 2.05) is 0 Å². The highest BCUT2D eigenvalue weighted by Crippen LogP contribution is 2.30. The summed E-state index contributed by atoms with van der Waals surface area (Å²) in [4.78, 5) is 47.2. The molecule has 3 heterocycles. The number of hydrogen-bond acceptors (Lipinski definition) is 5. The molecule has 2 atom stereocenters. The Morgan fingerprint density at radius 3 is 2.92 bits per heavy atom. The first kappa shape index (κ1) is 16.5. The number of nitrogens with one attached hydrogen (secondary N) is 2. The molecule has 2 aromatic rings. The number of halogens is 1. The molecule has 1 aromatic heterocycles. The number of carbonyl (C=O) groups is 3. The number of fused-ring (bicyclic) bond motifs is 2. The minimum atomic E-state index is -0.797. The van der Waals surface area contributed by atoms with Crippen molar-refractivity contribution in [2.75, 3.05) is 11.9 Å². The van der Waals surface area contributed by atoms with E-state index in [4.69, 9.17) is 11.6 Å². The van der Waals surface area contributed by atoms with Crippen molar-refractivity contribution >= 4 is 35.0 Å². The number of amides is 3. The molecular formula is C17H14ClN5O3. The Hall–Kier alpha value is -3.00. The molecule has 1 aromatic carbocycles. The Balaban J connectivity index is 1.60. The zero-order valence-corrected chi connectivity index (χ0v) is 14.2. The summed E-state index contributed by atoms with van der Waals surface area (Å²) in [5, 5.41) is 5.95. The fraction of sp³-hybridized carbons (Fsp3) is 0.235. The van der Waals surface area contributed by atoms with Crippen molar-refractivity contribution in [3.63, 3.8) is 0 Å². The molecule has 1 fully saturated rings. The maximum absolute atomic E-state index is 12.8. The molecule has 3 amide bonds. The van der Waals surface area contributed by atoms with E-state index in [0.717, 1.165) is 0 Å². The highest BCUT2D eigenvalue weighted by Gasteiger charge is 2.45. The summed E-state index contributed by atoms with van der Waals surface area (Å²) in [5.74, 6) is -1.06. The molecule has 2 N–H and O–H groups in total. The van der Waals surface area contributed by atoms with E-state index in [0.29, 0.717) is 29.2 Å². The monoisotopic (exact) mass is 371 g/mol. The zero-order chi connectivity index (χ0) is 18.3. The average Bonchev–Trinajstić information content (AvgIpc) is 3.01. The number of hydrogen-bond donors (Lipinski definition) is 2. The van der Waals surface area contributed by atoms with Crippen LogP contribution in [0.3, 0.4) is 0 Å². The molecule has 1 saturated heterocycles. The number of benzene rings is 1. The predicted molar refractivity (Wildman–Crippen MR) is 92.8 cm³/mol. The van der Waals surface area contributed by atoms with Crippen LogP contribution < -0.4 is 10.6 Å². The standard InChI is InChI=1S/C17H14ClN5O3/c18-9-1-2-10-12(7-9)22-16(25)14-11(3-6-23(14)17(10)26)21-15(24)13-8-19-4-5-20-13/h1-2,4-5,7-8,11,14H,3,6H2,(H,21,24)(H,22,25). The van der Waals surface area contributed by atoms with Crippen molar-refractivity contribution < 1.29 is 14.4 Å². The lowest BCUT2D eigenvalue weighted by Crippen LogP contribution is -2.51. The summed E-state index contributed by atoms with van der Waals surface area (Å²) in [5.41, 5.74) is 0.911. The summed E-state index contributed by atoms with van der Waals surface area (Å²) in [6.45, 7) is 0.365. The molecule has 132 valence electrons. The molecular weight excluding hydrogens is 358 g/mol. The second kappa shape index (κ2) is 6.38. The second-order valence-electron chi connectivity index (χ2n) is 6.08. The molecule has 0 saturated carbocycles. The fourth-order valence-electron chi connectivity index (χ4n) is 3.32. The van der Waals surface area contributed by atoms with Crippen LogP contribution in [0, 0.1) is 0 Å². The van der Waals surface area contributed by atoms with Crippen LogP contribution in [0.1, 0.15) is 27.3 Å². The summed E-state index contributed by atoms with van der Waals surface area (Å²) in [6.07, 6.45) is 4.70. The Morgan fingerprint density at radius 2 is 2.15 bits per heavy atom. The van der Waals surface area contributed by atoms with E-state index in [9.17, 15) is 14.4 Å². The van der Waals surface area contributed by atoms with E-state index in [1.54, 1.807) is 18.2 Å². The minimum absolute atomic E-state index is 0.154. The maximum atomic E-state index is 12.8. The van der Waals surface area contributed by atoms with Gasteiger partial charge in [0.1, 0.15) is 11.7 Å². The van der Waals surface area contributed by atoms with E-state index in [2.05, 4.69) is 20.6 Å². The lowest BCUT2D eigenvalue weighted by molar-refractivity contribution is -0.120. The van der Waals surface area contributed by atoms with Gasteiger partial charge in [-0.2, -0.15) is 0 Å². The molecule has 8 nitrogen and oxygen atoms in total. The van der Waals surface area contributed by atoms with E-state index < -0.39 is 18.0 Å². The Morgan fingerprint density at radius 1 is 1.31 bits per heavy atom. The lowest BCUT2D eigenvalue weighted by atomic mass is 10.1. The minimum Gasteiger partial charge on any atom is -0.345 e. The van der Waals surface area contributed by atoms with Gasteiger partial charge in [-0.15, -0.1) is 0 Å². The van der Waals surface area contributed by atoms with Crippen molar-refractivity contribution in [2.24, 2.45) is 0 Å². The van der Waals surface area contributed by atoms with Crippen LogP contribution in [0.2, 0.25) is 5.02 Å². The highest BCUT2D eigenvalue weighted by molar-refractivity contribution is 6.31. The summed E-state index contributed by atoms with van der Waals surface area (Å²) >= 11 is 5.97. The van der Waals surface area contributed by atoms with Crippen molar-refractivity contribution in [3.05, 3.63) is 53.1 Å². The normalized spacial score (nSPS) is 21.5. The fourth-order valence-corrected chi connectivity index (χ4v) is 3.49. The van der Waals surface area contributed by atoms with Gasteiger partial charge in [-0.25, -0.2) is 4.98 Å². The van der Waals surface area contributed by atoms with Gasteiger partial charge in [0, 0.05) is 24.0 Å². The topological polar surface area (TPSA) is 104 Å². The van der Waals surface area contributed by atoms with Gasteiger partial charge in [0.15, 0.2) is 0 Å². The first-order valence-electron chi connectivity index (χ1n) is 8.03. The van der Waals surface area contributed by atoms with Gasteiger partial charge in [-0.3, -0.25) is 19.4 Å². The van der Waals surface area contributed by atoms with Gasteiger partial charge in [0.2, 0.25) is 5.91 Å². The predicted octanol–water partition coefficient (Wildman–Crippen LogP) is 1.10. The van der Waals surface area contributed by atoms with E-state index in [-0.39, 0.29) is 17.5 Å². The summed E-state index contributed by atoms with van der Waals surface area (Å²) in [7, 11) is 0. The first-order valence-corrected chi connectivity index (χ1v) is 8.40. The van der Waals surface area contributed by atoms with Gasteiger partial charge in [-0.05, 0) is 24.6 Å². The lowest BCUT2D eigenvalue weighted by Gasteiger charge is -2.24. The Bertz CT molecular complexity index is 905. The Kier molecular flexibility index (Phi) is 4.04. The highest BCUT2D eigenvalue weighted by atomic mass is 35.5. The van der Waals surface area contributed by atoms with Crippen molar-refractivity contribution in [2.45, 2.75) is 18.5 Å². The van der Waals surface area contributed by atoms with Crippen molar-refractivity contribution in [1.82, 2.24) is 20.2 Å². The largest absolute Gasteiger partial charge is 0.345 e. The molecule has 4 rings (SSSR count). The van der Waals surface area contributed by atoms with Crippen LogP contribution in [0.4, 0.5) is 5.69 Å². The number of nitrogens with zero attached hydrogens (tertiary/aromatic N) is 3. The molecule has 26 heavy (non-hydrogen) atoms. The van der Waals surface area contributed by atoms with Gasteiger partial charge >= 0.3 is 0 Å². The third kappa shape index (κ3) is 2.78. The van der Waals surface area contributed by atoms with Crippen LogP contribution in [0.25, 0.3) is 0 Å². The number of anilines is 1. The molecule has 2 aliphatic heterocycles.